The number of aliphatic hydroxyl groups is 1. The van der Waals surface area contributed by atoms with Crippen LogP contribution in [0.2, 0.25) is 0 Å². The van der Waals surface area contributed by atoms with E-state index < -0.39 is 17.7 Å². The van der Waals surface area contributed by atoms with Crippen molar-refractivity contribution in [1.29, 1.82) is 0 Å². The molecule has 134 valence electrons. The Balaban J connectivity index is 2.23. The summed E-state index contributed by atoms with van der Waals surface area (Å²) in [5.74, 6) is -1.08. The molecule has 0 bridgehead atoms. The average molecular weight is 352 g/mol. The summed E-state index contributed by atoms with van der Waals surface area (Å²) in [6.07, 6.45) is 0. The number of methoxy groups -OCH3 is 1. The number of nitrogens with two attached hydrogens (primary N) is 1. The van der Waals surface area contributed by atoms with Crippen LogP contribution >= 0.6 is 0 Å². The molecule has 1 aliphatic heterocycles. The SMILES string of the molecule is COc1ccccc1C1/C(=C(/O)c2ccccc2)C(=O)C(=O)N1CCN. The highest BCUT2D eigenvalue weighted by Gasteiger charge is 2.46. The number of amides is 1. The van der Waals surface area contributed by atoms with Crippen LogP contribution in [-0.4, -0.2) is 41.9 Å². The van der Waals surface area contributed by atoms with Crippen LogP contribution in [0.3, 0.4) is 0 Å². The van der Waals surface area contributed by atoms with Crippen molar-refractivity contribution in [2.45, 2.75) is 6.04 Å². The molecule has 2 aromatic carbocycles. The fourth-order valence-corrected chi connectivity index (χ4v) is 3.22. The summed E-state index contributed by atoms with van der Waals surface area (Å²) in [4.78, 5) is 26.6. The lowest BCUT2D eigenvalue weighted by molar-refractivity contribution is -0.139. The Kier molecular flexibility index (Phi) is 5.04. The van der Waals surface area contributed by atoms with Gasteiger partial charge in [0.25, 0.3) is 11.7 Å². The molecule has 0 radical (unpaired) electrons. The molecule has 1 fully saturated rings. The number of carbonyl (C=O) groups excluding carboxylic acids is 2. The van der Waals surface area contributed by atoms with Gasteiger partial charge in [0.15, 0.2) is 0 Å². The second kappa shape index (κ2) is 7.41. The van der Waals surface area contributed by atoms with Crippen LogP contribution in [0.5, 0.6) is 5.75 Å². The molecule has 1 heterocycles. The van der Waals surface area contributed by atoms with Crippen LogP contribution < -0.4 is 10.5 Å². The number of benzene rings is 2. The third-order valence-electron chi connectivity index (χ3n) is 4.39. The summed E-state index contributed by atoms with van der Waals surface area (Å²) in [6.45, 7) is 0.392. The third kappa shape index (κ3) is 2.95. The van der Waals surface area contributed by atoms with E-state index in [1.807, 2.05) is 6.07 Å². The molecule has 0 spiro atoms. The van der Waals surface area contributed by atoms with Crippen molar-refractivity contribution in [3.05, 3.63) is 71.3 Å². The molecular formula is C20H20N2O4. The first-order valence-electron chi connectivity index (χ1n) is 8.27. The van der Waals surface area contributed by atoms with Gasteiger partial charge in [-0.1, -0.05) is 48.5 Å². The molecule has 26 heavy (non-hydrogen) atoms. The van der Waals surface area contributed by atoms with Gasteiger partial charge in [-0.05, 0) is 6.07 Å². The summed E-state index contributed by atoms with van der Waals surface area (Å²) < 4.78 is 5.40. The van der Waals surface area contributed by atoms with Crippen LogP contribution in [0.1, 0.15) is 17.2 Å². The normalized spacial score (nSPS) is 19.0. The Bertz CT molecular complexity index is 861. The van der Waals surface area contributed by atoms with Gasteiger partial charge in [0, 0.05) is 24.2 Å². The van der Waals surface area contributed by atoms with Crippen molar-refractivity contribution < 1.29 is 19.4 Å². The number of ether oxygens (including phenoxy) is 1. The Hall–Kier alpha value is -3.12. The molecule has 0 aromatic heterocycles. The van der Waals surface area contributed by atoms with E-state index in [1.54, 1.807) is 48.5 Å². The standard InChI is InChI=1S/C20H20N2O4/c1-26-15-10-6-5-9-14(15)17-16(18(23)13-7-3-2-4-8-13)19(24)20(25)22(17)12-11-21/h2-10,17,23H,11-12,21H2,1H3/b18-16-. The second-order valence-electron chi connectivity index (χ2n) is 5.89. The maximum atomic E-state index is 12.7. The molecule has 1 unspecified atom stereocenters. The van der Waals surface area contributed by atoms with Gasteiger partial charge in [-0.2, -0.15) is 0 Å². The van der Waals surface area contributed by atoms with E-state index in [1.165, 1.54) is 12.0 Å². The zero-order valence-electron chi connectivity index (χ0n) is 14.4. The fourth-order valence-electron chi connectivity index (χ4n) is 3.22. The van der Waals surface area contributed by atoms with Crippen LogP contribution in [0.25, 0.3) is 5.76 Å². The van der Waals surface area contributed by atoms with E-state index in [0.717, 1.165) is 0 Å². The van der Waals surface area contributed by atoms with E-state index in [-0.39, 0.29) is 24.4 Å². The first-order valence-corrected chi connectivity index (χ1v) is 8.27. The van der Waals surface area contributed by atoms with Gasteiger partial charge in [-0.3, -0.25) is 9.59 Å². The topological polar surface area (TPSA) is 92.9 Å². The predicted molar refractivity (Wildman–Crippen MR) is 97.5 cm³/mol. The van der Waals surface area contributed by atoms with Gasteiger partial charge in [-0.25, -0.2) is 0 Å². The molecule has 2 aromatic rings. The van der Waals surface area contributed by atoms with Crippen molar-refractivity contribution >= 4 is 17.4 Å². The Morgan fingerprint density at radius 2 is 1.77 bits per heavy atom. The van der Waals surface area contributed by atoms with Crippen LogP contribution in [0, 0.1) is 0 Å². The molecule has 1 aliphatic rings. The van der Waals surface area contributed by atoms with Gasteiger partial charge in [0.2, 0.25) is 0 Å². The fraction of sp³-hybridized carbons (Fsp3) is 0.200. The maximum absolute atomic E-state index is 12.7. The molecular weight excluding hydrogens is 332 g/mol. The van der Waals surface area contributed by atoms with Crippen LogP contribution in [0.15, 0.2) is 60.2 Å². The van der Waals surface area contributed by atoms with E-state index >= 15 is 0 Å². The minimum Gasteiger partial charge on any atom is -0.507 e. The van der Waals surface area contributed by atoms with Gasteiger partial charge < -0.3 is 20.5 Å². The number of para-hydroxylation sites is 1. The van der Waals surface area contributed by atoms with Gasteiger partial charge in [0.05, 0.1) is 18.7 Å². The molecule has 1 amide bonds. The summed E-state index contributed by atoms with van der Waals surface area (Å²) in [5, 5.41) is 10.8. The molecule has 1 atom stereocenters. The van der Waals surface area contributed by atoms with E-state index in [4.69, 9.17) is 10.5 Å². The molecule has 3 rings (SSSR count). The highest BCUT2D eigenvalue weighted by Crippen LogP contribution is 2.42. The van der Waals surface area contributed by atoms with Crippen molar-refractivity contribution in [2.24, 2.45) is 5.73 Å². The number of Topliss-reactive ketones (excluding diaryl/α,β-unsaturated/α-hetero) is 1. The monoisotopic (exact) mass is 352 g/mol. The van der Waals surface area contributed by atoms with Gasteiger partial charge in [0.1, 0.15) is 11.5 Å². The number of hydrogen-bond acceptors (Lipinski definition) is 5. The second-order valence-corrected chi connectivity index (χ2v) is 5.89. The highest BCUT2D eigenvalue weighted by molar-refractivity contribution is 6.46. The molecule has 6 nitrogen and oxygen atoms in total. The Morgan fingerprint density at radius 3 is 2.42 bits per heavy atom. The average Bonchev–Trinajstić information content (AvgIpc) is 2.93. The molecule has 1 saturated heterocycles. The smallest absolute Gasteiger partial charge is 0.295 e. The van der Waals surface area contributed by atoms with Crippen LogP contribution in [-0.2, 0) is 9.59 Å². The molecule has 0 aliphatic carbocycles. The number of ketones is 1. The van der Waals surface area contributed by atoms with Crippen molar-refractivity contribution in [3.8, 4) is 5.75 Å². The summed E-state index contributed by atoms with van der Waals surface area (Å²) >= 11 is 0. The number of aliphatic hydroxyl groups excluding tert-OH is 1. The lowest BCUT2D eigenvalue weighted by Gasteiger charge is -2.26. The molecule has 0 saturated carbocycles. The lowest BCUT2D eigenvalue weighted by Crippen LogP contribution is -2.34. The Morgan fingerprint density at radius 1 is 1.12 bits per heavy atom. The third-order valence-corrected chi connectivity index (χ3v) is 4.39. The summed E-state index contributed by atoms with van der Waals surface area (Å²) in [5.41, 5.74) is 6.78. The summed E-state index contributed by atoms with van der Waals surface area (Å²) in [6, 6.07) is 15.0. The minimum absolute atomic E-state index is 0.0409. The number of hydrogen-bond donors (Lipinski definition) is 2. The number of nitrogens with zero attached hydrogens (tertiary/aromatic N) is 1. The quantitative estimate of drug-likeness (QED) is 0.488. The minimum atomic E-state index is -0.755. The van der Waals surface area contributed by atoms with E-state index in [0.29, 0.717) is 16.9 Å². The number of rotatable bonds is 5. The zero-order chi connectivity index (χ0) is 18.7. The lowest BCUT2D eigenvalue weighted by atomic mass is 9.94. The Labute approximate surface area is 151 Å². The predicted octanol–water partition coefficient (Wildman–Crippen LogP) is 2.08. The van der Waals surface area contributed by atoms with E-state index in [2.05, 4.69) is 0 Å². The first-order chi connectivity index (χ1) is 12.6. The molecule has 6 heteroatoms. The van der Waals surface area contributed by atoms with Gasteiger partial charge >= 0.3 is 0 Å². The van der Waals surface area contributed by atoms with Crippen LogP contribution in [0.4, 0.5) is 0 Å². The van der Waals surface area contributed by atoms with E-state index in [9.17, 15) is 14.7 Å². The van der Waals surface area contributed by atoms with Crippen molar-refractivity contribution in [3.63, 3.8) is 0 Å². The van der Waals surface area contributed by atoms with Crippen molar-refractivity contribution in [2.75, 3.05) is 20.2 Å². The number of carbonyl (C=O) groups is 2. The maximum Gasteiger partial charge on any atom is 0.295 e. The summed E-state index contributed by atoms with van der Waals surface area (Å²) in [7, 11) is 1.52. The highest BCUT2D eigenvalue weighted by atomic mass is 16.5. The first kappa shape index (κ1) is 17.7. The number of likely N-dealkylation sites (tertiary alicyclic amines) is 1. The van der Waals surface area contributed by atoms with Crippen molar-refractivity contribution in [1.82, 2.24) is 4.90 Å². The molecule has 3 N–H and O–H groups in total. The zero-order valence-corrected chi connectivity index (χ0v) is 14.4. The van der Waals surface area contributed by atoms with Gasteiger partial charge in [-0.15, -0.1) is 0 Å². The largest absolute Gasteiger partial charge is 0.507 e.